The van der Waals surface area contributed by atoms with E-state index >= 15 is 0 Å². The van der Waals surface area contributed by atoms with Crippen LogP contribution in [0.15, 0.2) is 0 Å². The Labute approximate surface area is 103 Å². The molecule has 0 unspecified atom stereocenters. The molecular formula is C12H24N2O3. The van der Waals surface area contributed by atoms with Gasteiger partial charge in [-0.15, -0.1) is 0 Å². The highest BCUT2D eigenvalue weighted by molar-refractivity contribution is 5.76. The van der Waals surface area contributed by atoms with Crippen molar-refractivity contribution < 1.29 is 14.3 Å². The summed E-state index contributed by atoms with van der Waals surface area (Å²) in [5.74, 6) is 0.00481. The van der Waals surface area contributed by atoms with Crippen LogP contribution >= 0.6 is 0 Å². The van der Waals surface area contributed by atoms with Gasteiger partial charge in [-0.2, -0.15) is 0 Å². The first-order chi connectivity index (χ1) is 8.07. The average Bonchev–Trinajstić information content (AvgIpc) is 2.30. The van der Waals surface area contributed by atoms with Crippen LogP contribution in [0, 0.1) is 5.92 Å². The molecule has 0 aromatic heterocycles. The first-order valence-corrected chi connectivity index (χ1v) is 6.32. The monoisotopic (exact) mass is 244 g/mol. The molecule has 1 fully saturated rings. The zero-order valence-electron chi connectivity index (χ0n) is 11.0. The fraction of sp³-hybridized carbons (Fsp3) is 0.917. The second-order valence-electron chi connectivity index (χ2n) is 4.66. The normalized spacial score (nSPS) is 21.2. The molecule has 0 saturated carbocycles. The third-order valence-corrected chi connectivity index (χ3v) is 3.08. The van der Waals surface area contributed by atoms with Gasteiger partial charge in [0.2, 0.25) is 0 Å². The maximum Gasteiger partial charge on any atom is 0.324 e. The molecule has 0 amide bonds. The molecule has 1 heterocycles. The van der Waals surface area contributed by atoms with Crippen LogP contribution in [0.1, 0.15) is 20.8 Å². The first kappa shape index (κ1) is 14.4. The topological polar surface area (TPSA) is 64.8 Å². The molecule has 1 rings (SSSR count). The minimum atomic E-state index is -0.576. The van der Waals surface area contributed by atoms with Crippen molar-refractivity contribution in [2.45, 2.75) is 32.9 Å². The summed E-state index contributed by atoms with van der Waals surface area (Å²) < 4.78 is 10.3. The van der Waals surface area contributed by atoms with Gasteiger partial charge in [-0.05, 0) is 12.8 Å². The van der Waals surface area contributed by atoms with Gasteiger partial charge in [-0.3, -0.25) is 9.69 Å². The molecule has 2 atom stereocenters. The Balaban J connectivity index is 2.66. The maximum atomic E-state index is 11.7. The van der Waals surface area contributed by atoms with E-state index in [1.54, 1.807) is 6.92 Å². The van der Waals surface area contributed by atoms with Crippen molar-refractivity contribution in [1.29, 1.82) is 0 Å². The van der Waals surface area contributed by atoms with E-state index in [0.717, 1.165) is 13.1 Å². The van der Waals surface area contributed by atoms with Crippen LogP contribution in [0.2, 0.25) is 0 Å². The summed E-state index contributed by atoms with van der Waals surface area (Å²) in [6.45, 7) is 9.41. The van der Waals surface area contributed by atoms with Crippen LogP contribution < -0.4 is 5.73 Å². The van der Waals surface area contributed by atoms with E-state index in [-0.39, 0.29) is 12.0 Å². The van der Waals surface area contributed by atoms with Gasteiger partial charge >= 0.3 is 5.97 Å². The Morgan fingerprint density at radius 2 is 2.00 bits per heavy atom. The number of morpholine rings is 1. The van der Waals surface area contributed by atoms with E-state index in [1.807, 2.05) is 0 Å². The third-order valence-electron chi connectivity index (χ3n) is 3.08. The van der Waals surface area contributed by atoms with Crippen molar-refractivity contribution in [2.24, 2.45) is 11.7 Å². The Morgan fingerprint density at radius 3 is 2.47 bits per heavy atom. The smallest absolute Gasteiger partial charge is 0.324 e. The predicted molar refractivity (Wildman–Crippen MR) is 65.6 cm³/mol. The molecule has 1 aliphatic rings. The number of carbonyl (C=O) groups excluding carboxylic acids is 1. The molecule has 5 nitrogen and oxygen atoms in total. The van der Waals surface area contributed by atoms with Crippen molar-refractivity contribution in [1.82, 2.24) is 4.90 Å². The Hall–Kier alpha value is -0.650. The number of hydrogen-bond acceptors (Lipinski definition) is 5. The van der Waals surface area contributed by atoms with Gasteiger partial charge in [-0.1, -0.05) is 13.8 Å². The van der Waals surface area contributed by atoms with E-state index in [0.29, 0.717) is 25.7 Å². The number of ether oxygens (including phenoxy) is 2. The molecular weight excluding hydrogens is 220 g/mol. The lowest BCUT2D eigenvalue weighted by molar-refractivity contribution is -0.147. The van der Waals surface area contributed by atoms with E-state index in [4.69, 9.17) is 15.2 Å². The fourth-order valence-electron chi connectivity index (χ4n) is 2.32. The number of carbonyl (C=O) groups is 1. The number of esters is 1. The minimum absolute atomic E-state index is 0.0259. The summed E-state index contributed by atoms with van der Waals surface area (Å²) in [5, 5.41) is 0. The van der Waals surface area contributed by atoms with Crippen LogP contribution in [0.5, 0.6) is 0 Å². The van der Waals surface area contributed by atoms with Crippen molar-refractivity contribution in [3.63, 3.8) is 0 Å². The molecule has 0 aromatic carbocycles. The Kier molecular flexibility index (Phi) is 5.88. The Bertz CT molecular complexity index is 240. The minimum Gasteiger partial charge on any atom is -0.465 e. The highest BCUT2D eigenvalue weighted by Crippen LogP contribution is 2.16. The average molecular weight is 244 g/mol. The van der Waals surface area contributed by atoms with Gasteiger partial charge in [0.15, 0.2) is 0 Å². The standard InChI is InChI=1S/C12H24N2O3/c1-4-17-12(15)10(13)11(9(2)3)14-5-7-16-8-6-14/h9-11H,4-8,13H2,1-3H3/t10-,11+/m0/s1. The van der Waals surface area contributed by atoms with Crippen LogP contribution in [-0.4, -0.2) is 55.9 Å². The van der Waals surface area contributed by atoms with E-state index < -0.39 is 6.04 Å². The van der Waals surface area contributed by atoms with E-state index in [9.17, 15) is 4.79 Å². The number of nitrogens with two attached hydrogens (primary N) is 1. The molecule has 0 radical (unpaired) electrons. The van der Waals surface area contributed by atoms with Gasteiger partial charge in [-0.25, -0.2) is 0 Å². The quantitative estimate of drug-likeness (QED) is 0.702. The van der Waals surface area contributed by atoms with Gasteiger partial charge in [0.05, 0.1) is 19.8 Å². The molecule has 0 aliphatic carbocycles. The summed E-state index contributed by atoms with van der Waals surface area (Å²) in [6, 6.07) is -0.550. The lowest BCUT2D eigenvalue weighted by Crippen LogP contribution is -2.57. The maximum absolute atomic E-state index is 11.7. The van der Waals surface area contributed by atoms with Gasteiger partial charge < -0.3 is 15.2 Å². The summed E-state index contributed by atoms with van der Waals surface area (Å²) in [5.41, 5.74) is 6.02. The first-order valence-electron chi connectivity index (χ1n) is 6.32. The summed E-state index contributed by atoms with van der Waals surface area (Å²) >= 11 is 0. The lowest BCUT2D eigenvalue weighted by atomic mass is 9.95. The summed E-state index contributed by atoms with van der Waals surface area (Å²) in [7, 11) is 0. The Morgan fingerprint density at radius 1 is 1.41 bits per heavy atom. The lowest BCUT2D eigenvalue weighted by Gasteiger charge is -2.39. The molecule has 100 valence electrons. The van der Waals surface area contributed by atoms with E-state index in [2.05, 4.69) is 18.7 Å². The molecule has 0 spiro atoms. The number of rotatable bonds is 5. The van der Waals surface area contributed by atoms with E-state index in [1.165, 1.54) is 0 Å². The van der Waals surface area contributed by atoms with Crippen LogP contribution in [0.25, 0.3) is 0 Å². The zero-order valence-corrected chi connectivity index (χ0v) is 11.0. The summed E-state index contributed by atoms with van der Waals surface area (Å²) in [6.07, 6.45) is 0. The summed E-state index contributed by atoms with van der Waals surface area (Å²) in [4.78, 5) is 14.0. The zero-order chi connectivity index (χ0) is 12.8. The highest BCUT2D eigenvalue weighted by Gasteiger charge is 2.33. The second kappa shape index (κ2) is 6.93. The molecule has 1 saturated heterocycles. The molecule has 17 heavy (non-hydrogen) atoms. The fourth-order valence-corrected chi connectivity index (χ4v) is 2.32. The molecule has 2 N–H and O–H groups in total. The molecule has 0 bridgehead atoms. The predicted octanol–water partition coefficient (Wildman–Crippen LogP) is 0.234. The van der Waals surface area contributed by atoms with Crippen molar-refractivity contribution >= 4 is 5.97 Å². The molecule has 0 aromatic rings. The number of hydrogen-bond donors (Lipinski definition) is 1. The van der Waals surface area contributed by atoms with Crippen LogP contribution in [0.4, 0.5) is 0 Å². The van der Waals surface area contributed by atoms with Gasteiger partial charge in [0.1, 0.15) is 6.04 Å². The SMILES string of the molecule is CCOC(=O)[C@@H](N)[C@@H](C(C)C)N1CCOCC1. The van der Waals surface area contributed by atoms with Crippen molar-refractivity contribution in [3.8, 4) is 0 Å². The molecule has 1 aliphatic heterocycles. The molecule has 5 heteroatoms. The second-order valence-corrected chi connectivity index (χ2v) is 4.66. The third kappa shape index (κ3) is 3.94. The van der Waals surface area contributed by atoms with Crippen LogP contribution in [-0.2, 0) is 14.3 Å². The van der Waals surface area contributed by atoms with Gasteiger partial charge in [0.25, 0.3) is 0 Å². The van der Waals surface area contributed by atoms with Gasteiger partial charge in [0, 0.05) is 19.1 Å². The highest BCUT2D eigenvalue weighted by atomic mass is 16.5. The van der Waals surface area contributed by atoms with Crippen LogP contribution in [0.3, 0.4) is 0 Å². The van der Waals surface area contributed by atoms with Crippen molar-refractivity contribution in [2.75, 3.05) is 32.9 Å². The van der Waals surface area contributed by atoms with Crippen molar-refractivity contribution in [3.05, 3.63) is 0 Å². The largest absolute Gasteiger partial charge is 0.465 e. The number of nitrogens with zero attached hydrogens (tertiary/aromatic N) is 1.